The topological polar surface area (TPSA) is 113 Å². The van der Waals surface area contributed by atoms with Crippen LogP contribution in [0.25, 0.3) is 5.69 Å². The lowest BCUT2D eigenvalue weighted by atomic mass is 9.96. The molecule has 0 radical (unpaired) electrons. The van der Waals surface area contributed by atoms with Gasteiger partial charge in [-0.25, -0.2) is 9.78 Å². The standard InChI is InChI=1S/C23H22N4O4S/c1-30-18-10-8-17(9-11-18)27-21(23(29)31-26-27)20(28)14-32-22-16(13-24)12-15-6-4-2-3-5-7-19(15)25-22/h8-12H,2-7,14H2,1H3/p+1. The van der Waals surface area contributed by atoms with Gasteiger partial charge in [0.1, 0.15) is 16.8 Å². The van der Waals surface area contributed by atoms with Gasteiger partial charge in [0.05, 0.1) is 18.4 Å². The van der Waals surface area contributed by atoms with Crippen LogP contribution in [0.15, 0.2) is 44.7 Å². The van der Waals surface area contributed by atoms with E-state index in [2.05, 4.69) is 11.3 Å². The van der Waals surface area contributed by atoms with Crippen molar-refractivity contribution in [3.05, 3.63) is 63.3 Å². The Balaban J connectivity index is 1.57. The van der Waals surface area contributed by atoms with E-state index in [4.69, 9.17) is 14.2 Å². The zero-order chi connectivity index (χ0) is 22.5. The number of ketones is 1. The van der Waals surface area contributed by atoms with E-state index in [0.717, 1.165) is 36.9 Å². The van der Waals surface area contributed by atoms with Crippen LogP contribution >= 0.6 is 11.8 Å². The molecule has 0 amide bonds. The van der Waals surface area contributed by atoms with Gasteiger partial charge in [-0.05, 0) is 59.4 Å². The lowest BCUT2D eigenvalue weighted by molar-refractivity contribution is -0.672. The first-order chi connectivity index (χ1) is 15.6. The van der Waals surface area contributed by atoms with Crippen molar-refractivity contribution in [1.29, 1.82) is 5.26 Å². The molecular formula is C23H23N4O4S+. The van der Waals surface area contributed by atoms with Crippen molar-refractivity contribution in [3.8, 4) is 17.5 Å². The first-order valence-corrected chi connectivity index (χ1v) is 11.5. The van der Waals surface area contributed by atoms with Crippen molar-refractivity contribution in [2.24, 2.45) is 0 Å². The summed E-state index contributed by atoms with van der Waals surface area (Å²) in [5.74, 6) is 0.190. The zero-order valence-corrected chi connectivity index (χ0v) is 18.5. The van der Waals surface area contributed by atoms with Crippen LogP contribution in [0.4, 0.5) is 0 Å². The minimum atomic E-state index is -0.752. The number of pyridine rings is 1. The molecule has 164 valence electrons. The van der Waals surface area contributed by atoms with Crippen molar-refractivity contribution in [2.75, 3.05) is 12.9 Å². The Kier molecular flexibility index (Phi) is 6.71. The first-order valence-electron chi connectivity index (χ1n) is 10.5. The van der Waals surface area contributed by atoms with Gasteiger partial charge >= 0.3 is 11.3 Å². The predicted molar refractivity (Wildman–Crippen MR) is 117 cm³/mol. The summed E-state index contributed by atoms with van der Waals surface area (Å²) < 4.78 is 11.3. The van der Waals surface area contributed by atoms with E-state index >= 15 is 0 Å². The zero-order valence-electron chi connectivity index (χ0n) is 17.7. The second-order valence-electron chi connectivity index (χ2n) is 7.55. The summed E-state index contributed by atoms with van der Waals surface area (Å²) in [6.07, 6.45) is 6.34. The van der Waals surface area contributed by atoms with Crippen molar-refractivity contribution >= 4 is 17.5 Å². The minimum absolute atomic E-state index is 0.0424. The van der Waals surface area contributed by atoms with Crippen LogP contribution in [0.2, 0.25) is 0 Å². The van der Waals surface area contributed by atoms with Gasteiger partial charge in [0.2, 0.25) is 11.5 Å². The number of nitrogens with one attached hydrogen (secondary N) is 1. The lowest BCUT2D eigenvalue weighted by Crippen LogP contribution is -2.41. The molecule has 2 aromatic heterocycles. The number of nitriles is 1. The number of benzene rings is 1. The molecule has 0 bridgehead atoms. The second kappa shape index (κ2) is 9.83. The molecule has 9 heteroatoms. The van der Waals surface area contributed by atoms with E-state index in [-0.39, 0.29) is 11.4 Å². The molecule has 0 saturated heterocycles. The maximum Gasteiger partial charge on any atom is 0.438 e. The fraction of sp³-hybridized carbons (Fsp3) is 0.348. The molecule has 0 saturated carbocycles. The quantitative estimate of drug-likeness (QED) is 0.348. The van der Waals surface area contributed by atoms with Gasteiger partial charge in [-0.1, -0.05) is 24.6 Å². The second-order valence-corrected chi connectivity index (χ2v) is 8.51. The maximum atomic E-state index is 12.9. The Morgan fingerprint density at radius 2 is 2.00 bits per heavy atom. The van der Waals surface area contributed by atoms with Gasteiger partial charge in [-0.3, -0.25) is 9.32 Å². The average Bonchev–Trinajstić information content (AvgIpc) is 3.19. The smallest absolute Gasteiger partial charge is 0.438 e. The maximum absolute atomic E-state index is 12.9. The highest BCUT2D eigenvalue weighted by Crippen LogP contribution is 2.27. The van der Waals surface area contributed by atoms with E-state index in [9.17, 15) is 14.9 Å². The Hall–Kier alpha value is -3.38. The lowest BCUT2D eigenvalue weighted by Gasteiger charge is -2.14. The third-order valence-corrected chi connectivity index (χ3v) is 6.46. The molecule has 32 heavy (non-hydrogen) atoms. The highest BCUT2D eigenvalue weighted by molar-refractivity contribution is 8.00. The molecule has 1 N–H and O–H groups in total. The van der Waals surface area contributed by atoms with Crippen LogP contribution in [-0.4, -0.2) is 28.9 Å². The summed E-state index contributed by atoms with van der Waals surface area (Å²) in [5, 5.41) is 12.6. The number of carbonyl (C=O) groups excluding carboxylic acids is 1. The fourth-order valence-corrected chi connectivity index (χ4v) is 4.62. The average molecular weight is 452 g/mol. The largest absolute Gasteiger partial charge is 0.497 e. The number of hydrogen-bond acceptors (Lipinski definition) is 7. The van der Waals surface area contributed by atoms with E-state index in [0.29, 0.717) is 22.0 Å². The van der Waals surface area contributed by atoms with Gasteiger partial charge in [0, 0.05) is 17.8 Å². The summed E-state index contributed by atoms with van der Waals surface area (Å²) in [6, 6.07) is 11.0. The number of carbonyl (C=O) groups is 1. The normalized spacial score (nSPS) is 13.5. The molecule has 0 atom stereocenters. The minimum Gasteiger partial charge on any atom is -0.497 e. The first kappa shape index (κ1) is 21.8. The molecule has 0 unspecified atom stereocenters. The highest BCUT2D eigenvalue weighted by Gasteiger charge is 2.31. The van der Waals surface area contributed by atoms with Gasteiger partial charge in [-0.15, -0.1) is 0 Å². The van der Waals surface area contributed by atoms with E-state index in [1.54, 1.807) is 31.4 Å². The number of Topliss-reactive ketones (excluding diaryl/α,β-unsaturated/α-hetero) is 1. The number of ether oxygens (including phenoxy) is 1. The molecule has 1 aliphatic rings. The van der Waals surface area contributed by atoms with Crippen LogP contribution < -0.4 is 15.0 Å². The molecule has 1 aromatic carbocycles. The molecule has 0 spiro atoms. The summed E-state index contributed by atoms with van der Waals surface area (Å²) in [6.45, 7) is 0. The number of fused-ring (bicyclic) bond motifs is 1. The third-order valence-electron chi connectivity index (χ3n) is 5.47. The summed E-state index contributed by atoms with van der Waals surface area (Å²) in [7, 11) is 1.56. The van der Waals surface area contributed by atoms with Crippen LogP contribution in [0.1, 0.15) is 53.0 Å². The van der Waals surface area contributed by atoms with Gasteiger partial charge in [0.25, 0.3) is 0 Å². The molecule has 3 aromatic rings. The summed E-state index contributed by atoms with van der Waals surface area (Å²) >= 11 is 1.17. The Morgan fingerprint density at radius 3 is 2.72 bits per heavy atom. The molecular weight excluding hydrogens is 428 g/mol. The Labute approximate surface area is 189 Å². The Bertz CT molecular complexity index is 1220. The number of methoxy groups -OCH3 is 1. The molecule has 8 nitrogen and oxygen atoms in total. The van der Waals surface area contributed by atoms with Gasteiger partial charge in [-0.2, -0.15) is 5.26 Å². The van der Waals surface area contributed by atoms with Gasteiger partial charge in [0.15, 0.2) is 0 Å². The molecule has 1 aliphatic carbocycles. The number of nitrogens with zero attached hydrogens (tertiary/aromatic N) is 3. The van der Waals surface area contributed by atoms with Crippen LogP contribution in [-0.2, 0) is 12.8 Å². The molecule has 0 aliphatic heterocycles. The number of rotatable bonds is 6. The van der Waals surface area contributed by atoms with Crippen LogP contribution in [0.3, 0.4) is 0 Å². The van der Waals surface area contributed by atoms with E-state index < -0.39 is 11.4 Å². The van der Waals surface area contributed by atoms with Crippen molar-refractivity contribution in [2.45, 2.75) is 43.6 Å². The number of aromatic nitrogens is 3. The van der Waals surface area contributed by atoms with Crippen LogP contribution in [0.5, 0.6) is 5.75 Å². The van der Waals surface area contributed by atoms with Crippen LogP contribution in [0, 0.1) is 11.3 Å². The SMILES string of the molecule is COc1ccc(-[n+]2[nH]oc(=O)c2C(=O)CSc2nc3c(cc2C#N)CCCCCC3)cc1. The monoisotopic (exact) mass is 451 g/mol. The van der Waals surface area contributed by atoms with Crippen molar-refractivity contribution in [3.63, 3.8) is 0 Å². The van der Waals surface area contributed by atoms with Crippen molar-refractivity contribution < 1.29 is 18.7 Å². The number of H-pyrrole nitrogens is 1. The number of hydrogen-bond donors (Lipinski definition) is 1. The number of aryl methyl sites for hydroxylation is 2. The Morgan fingerprint density at radius 1 is 1.25 bits per heavy atom. The summed E-state index contributed by atoms with van der Waals surface area (Å²) in [4.78, 5) is 29.9. The third kappa shape index (κ3) is 4.60. The molecule has 2 heterocycles. The summed E-state index contributed by atoms with van der Waals surface area (Å²) in [5.41, 5.74) is 2.28. The molecule has 4 rings (SSSR count). The van der Waals surface area contributed by atoms with E-state index in [1.807, 2.05) is 6.07 Å². The van der Waals surface area contributed by atoms with Gasteiger partial charge < -0.3 is 4.74 Å². The van der Waals surface area contributed by atoms with E-state index in [1.165, 1.54) is 29.3 Å². The number of aromatic amines is 1. The number of thioether (sulfide) groups is 1. The van der Waals surface area contributed by atoms with Crippen molar-refractivity contribution in [1.82, 2.24) is 10.3 Å². The fourth-order valence-electron chi connectivity index (χ4n) is 3.78. The highest BCUT2D eigenvalue weighted by atomic mass is 32.2. The molecule has 0 fully saturated rings. The predicted octanol–water partition coefficient (Wildman–Crippen LogP) is 3.15.